The molecule has 2 aromatic rings. The van der Waals surface area contributed by atoms with Crippen LogP contribution in [0.5, 0.6) is 0 Å². The standard InChI is InChI=1S/C9H9FN4S/c1-14(9-11-12-13-15-9)6-7-3-2-4-8(10)5-7/h2-5H,6H2,1H3. The molecule has 0 fully saturated rings. The summed E-state index contributed by atoms with van der Waals surface area (Å²) in [7, 11) is 1.87. The van der Waals surface area contributed by atoms with Gasteiger partial charge in [-0.1, -0.05) is 21.7 Å². The lowest BCUT2D eigenvalue weighted by Crippen LogP contribution is -2.16. The fraction of sp³-hybridized carbons (Fsp3) is 0.222. The summed E-state index contributed by atoms with van der Waals surface area (Å²) in [6, 6.07) is 6.49. The predicted molar refractivity (Wildman–Crippen MR) is 56.2 cm³/mol. The van der Waals surface area contributed by atoms with Gasteiger partial charge in [-0.25, -0.2) is 4.39 Å². The highest BCUT2D eigenvalue weighted by Gasteiger charge is 2.06. The van der Waals surface area contributed by atoms with E-state index in [1.807, 2.05) is 18.0 Å². The number of benzene rings is 1. The van der Waals surface area contributed by atoms with Gasteiger partial charge in [-0.2, -0.15) is 0 Å². The molecule has 0 aliphatic rings. The molecular weight excluding hydrogens is 215 g/mol. The molecule has 4 nitrogen and oxygen atoms in total. The highest BCUT2D eigenvalue weighted by Crippen LogP contribution is 2.14. The lowest BCUT2D eigenvalue weighted by molar-refractivity contribution is 0.625. The van der Waals surface area contributed by atoms with Crippen molar-refractivity contribution in [1.29, 1.82) is 0 Å². The van der Waals surface area contributed by atoms with Gasteiger partial charge in [-0.15, -0.1) is 0 Å². The summed E-state index contributed by atoms with van der Waals surface area (Å²) in [5, 5.41) is 8.05. The monoisotopic (exact) mass is 224 g/mol. The highest BCUT2D eigenvalue weighted by molar-refractivity contribution is 7.09. The van der Waals surface area contributed by atoms with Crippen LogP contribution in [-0.4, -0.2) is 21.8 Å². The van der Waals surface area contributed by atoms with Crippen LogP contribution in [0, 0.1) is 5.82 Å². The zero-order valence-corrected chi connectivity index (χ0v) is 8.91. The van der Waals surface area contributed by atoms with Gasteiger partial charge in [0, 0.05) is 25.1 Å². The molecule has 78 valence electrons. The lowest BCUT2D eigenvalue weighted by Gasteiger charge is -2.14. The molecule has 15 heavy (non-hydrogen) atoms. The summed E-state index contributed by atoms with van der Waals surface area (Å²) in [5.74, 6) is -0.226. The fourth-order valence-electron chi connectivity index (χ4n) is 1.25. The van der Waals surface area contributed by atoms with Crippen LogP contribution in [0.3, 0.4) is 0 Å². The lowest BCUT2D eigenvalue weighted by atomic mass is 10.2. The molecule has 0 N–H and O–H groups in total. The van der Waals surface area contributed by atoms with Crippen LogP contribution >= 0.6 is 11.5 Å². The third kappa shape index (κ3) is 2.47. The minimum atomic E-state index is -0.226. The maximum atomic E-state index is 12.9. The quantitative estimate of drug-likeness (QED) is 0.796. The average Bonchev–Trinajstić information content (AvgIpc) is 2.70. The molecule has 0 unspecified atom stereocenters. The second-order valence-electron chi connectivity index (χ2n) is 3.13. The molecule has 0 aliphatic carbocycles. The van der Waals surface area contributed by atoms with E-state index in [1.54, 1.807) is 6.07 Å². The van der Waals surface area contributed by atoms with E-state index < -0.39 is 0 Å². The Morgan fingerprint density at radius 2 is 2.33 bits per heavy atom. The van der Waals surface area contributed by atoms with E-state index in [0.717, 1.165) is 10.7 Å². The number of rotatable bonds is 3. The van der Waals surface area contributed by atoms with Crippen molar-refractivity contribution in [2.45, 2.75) is 6.54 Å². The van der Waals surface area contributed by atoms with E-state index in [2.05, 4.69) is 14.8 Å². The Labute approximate surface area is 90.5 Å². The van der Waals surface area contributed by atoms with Gasteiger partial charge >= 0.3 is 0 Å². The number of aromatic nitrogens is 3. The number of nitrogens with zero attached hydrogens (tertiary/aromatic N) is 4. The third-order valence-electron chi connectivity index (χ3n) is 1.92. The van der Waals surface area contributed by atoms with Crippen molar-refractivity contribution in [3.63, 3.8) is 0 Å². The van der Waals surface area contributed by atoms with Gasteiger partial charge in [0.05, 0.1) is 0 Å². The summed E-state index contributed by atoms with van der Waals surface area (Å²) in [6.45, 7) is 0.592. The normalized spacial score (nSPS) is 10.3. The second kappa shape index (κ2) is 4.31. The van der Waals surface area contributed by atoms with Crippen molar-refractivity contribution in [2.24, 2.45) is 0 Å². The van der Waals surface area contributed by atoms with Gasteiger partial charge in [-0.3, -0.25) is 0 Å². The van der Waals surface area contributed by atoms with Gasteiger partial charge in [0.25, 0.3) is 0 Å². The van der Waals surface area contributed by atoms with Crippen LogP contribution in [0.15, 0.2) is 24.3 Å². The van der Waals surface area contributed by atoms with Crippen molar-refractivity contribution >= 4 is 16.7 Å². The first-order chi connectivity index (χ1) is 7.25. The van der Waals surface area contributed by atoms with E-state index >= 15 is 0 Å². The molecule has 1 heterocycles. The van der Waals surface area contributed by atoms with Crippen LogP contribution in [0.25, 0.3) is 0 Å². The first-order valence-corrected chi connectivity index (χ1v) is 5.13. The van der Waals surface area contributed by atoms with Gasteiger partial charge in [-0.05, 0) is 22.9 Å². The highest BCUT2D eigenvalue weighted by atomic mass is 32.1. The minimum absolute atomic E-state index is 0.226. The Morgan fingerprint density at radius 3 is 3.00 bits per heavy atom. The Kier molecular flexibility index (Phi) is 2.86. The maximum absolute atomic E-state index is 12.9. The molecule has 2 rings (SSSR count). The molecule has 0 aliphatic heterocycles. The van der Waals surface area contributed by atoms with E-state index in [9.17, 15) is 4.39 Å². The number of hydrogen-bond acceptors (Lipinski definition) is 5. The Balaban J connectivity index is 2.09. The summed E-state index contributed by atoms with van der Waals surface area (Å²) in [6.07, 6.45) is 0. The van der Waals surface area contributed by atoms with Crippen molar-refractivity contribution in [3.05, 3.63) is 35.6 Å². The van der Waals surface area contributed by atoms with Crippen molar-refractivity contribution in [1.82, 2.24) is 14.8 Å². The van der Waals surface area contributed by atoms with Crippen LogP contribution in [-0.2, 0) is 6.54 Å². The smallest absolute Gasteiger partial charge is 0.227 e. The molecule has 0 atom stereocenters. The van der Waals surface area contributed by atoms with E-state index in [-0.39, 0.29) is 5.82 Å². The Bertz CT molecular complexity index is 431. The van der Waals surface area contributed by atoms with Gasteiger partial charge in [0.15, 0.2) is 0 Å². The molecule has 1 aromatic carbocycles. The SMILES string of the molecule is CN(Cc1cccc(F)c1)c1nnns1. The van der Waals surface area contributed by atoms with Crippen molar-refractivity contribution in [2.75, 3.05) is 11.9 Å². The largest absolute Gasteiger partial charge is 0.344 e. The molecule has 0 amide bonds. The maximum Gasteiger partial charge on any atom is 0.227 e. The zero-order chi connectivity index (χ0) is 10.7. The summed E-state index contributed by atoms with van der Waals surface area (Å²) in [4.78, 5) is 1.87. The summed E-state index contributed by atoms with van der Waals surface area (Å²) >= 11 is 1.21. The zero-order valence-electron chi connectivity index (χ0n) is 8.09. The molecule has 1 aromatic heterocycles. The summed E-state index contributed by atoms with van der Waals surface area (Å²) in [5.41, 5.74) is 0.896. The first-order valence-electron chi connectivity index (χ1n) is 4.36. The van der Waals surface area contributed by atoms with Crippen LogP contribution < -0.4 is 4.90 Å². The first kappa shape index (κ1) is 9.97. The fourth-order valence-corrected chi connectivity index (χ4v) is 1.68. The molecule has 0 saturated carbocycles. The molecule has 6 heteroatoms. The van der Waals surface area contributed by atoms with Crippen LogP contribution in [0.2, 0.25) is 0 Å². The van der Waals surface area contributed by atoms with Gasteiger partial charge in [0.2, 0.25) is 5.13 Å². The van der Waals surface area contributed by atoms with Gasteiger partial charge in [0.1, 0.15) is 5.82 Å². The number of halogens is 1. The third-order valence-corrected chi connectivity index (χ3v) is 2.64. The van der Waals surface area contributed by atoms with Crippen molar-refractivity contribution < 1.29 is 4.39 Å². The molecular formula is C9H9FN4S. The second-order valence-corrected chi connectivity index (χ2v) is 3.84. The van der Waals surface area contributed by atoms with Gasteiger partial charge < -0.3 is 4.90 Å². The number of anilines is 1. The molecule has 0 radical (unpaired) electrons. The van der Waals surface area contributed by atoms with E-state index in [4.69, 9.17) is 0 Å². The van der Waals surface area contributed by atoms with Crippen molar-refractivity contribution in [3.8, 4) is 0 Å². The molecule has 0 bridgehead atoms. The van der Waals surface area contributed by atoms with Crippen LogP contribution in [0.1, 0.15) is 5.56 Å². The minimum Gasteiger partial charge on any atom is -0.344 e. The topological polar surface area (TPSA) is 41.9 Å². The molecule has 0 saturated heterocycles. The van der Waals surface area contributed by atoms with Crippen LogP contribution in [0.4, 0.5) is 9.52 Å². The summed E-state index contributed by atoms with van der Waals surface area (Å²) < 4.78 is 16.6. The molecule has 0 spiro atoms. The average molecular weight is 224 g/mol. The Morgan fingerprint density at radius 1 is 1.47 bits per heavy atom. The Hall–Kier alpha value is -1.56. The number of hydrogen-bond donors (Lipinski definition) is 0. The van der Waals surface area contributed by atoms with E-state index in [0.29, 0.717) is 6.54 Å². The van der Waals surface area contributed by atoms with E-state index in [1.165, 1.54) is 23.7 Å². The predicted octanol–water partition coefficient (Wildman–Crippen LogP) is 1.71.